The number of primary amides is 1. The molecule has 2 amide bonds. The highest BCUT2D eigenvalue weighted by atomic mass is 19.1. The van der Waals surface area contributed by atoms with Crippen molar-refractivity contribution < 1.29 is 9.18 Å². The minimum absolute atomic E-state index is 0.287. The molecule has 0 fully saturated rings. The molecule has 2 aromatic heterocycles. The van der Waals surface area contributed by atoms with Crippen molar-refractivity contribution in [2.24, 2.45) is 5.73 Å². The molecule has 20 heavy (non-hydrogen) atoms. The van der Waals surface area contributed by atoms with E-state index in [1.165, 1.54) is 12.1 Å². The van der Waals surface area contributed by atoms with E-state index in [-0.39, 0.29) is 5.82 Å². The second kappa shape index (κ2) is 4.65. The summed E-state index contributed by atoms with van der Waals surface area (Å²) in [6.45, 7) is 0. The molecule has 100 valence electrons. The molecule has 0 radical (unpaired) electrons. The summed E-state index contributed by atoms with van der Waals surface area (Å²) in [7, 11) is 0. The number of rotatable bonds is 2. The lowest BCUT2D eigenvalue weighted by atomic mass is 10.1. The third-order valence-electron chi connectivity index (χ3n) is 2.97. The van der Waals surface area contributed by atoms with Gasteiger partial charge in [-0.25, -0.2) is 14.2 Å². The van der Waals surface area contributed by atoms with Crippen LogP contribution >= 0.6 is 0 Å². The van der Waals surface area contributed by atoms with E-state index < -0.39 is 6.03 Å². The molecular formula is C14H11FN4O. The molecule has 1 aromatic carbocycles. The number of hydrogen-bond acceptors (Lipinski definition) is 2. The first-order valence-corrected chi connectivity index (χ1v) is 5.93. The number of H-pyrrole nitrogens is 1. The van der Waals surface area contributed by atoms with Crippen molar-refractivity contribution in [3.05, 3.63) is 48.5 Å². The summed E-state index contributed by atoms with van der Waals surface area (Å²) in [5.74, 6) is 0.0946. The maximum atomic E-state index is 13.1. The predicted molar refractivity (Wildman–Crippen MR) is 74.7 cm³/mol. The number of fused-ring (bicyclic) bond motifs is 1. The highest BCUT2D eigenvalue weighted by Gasteiger charge is 2.07. The van der Waals surface area contributed by atoms with Crippen LogP contribution in [0.25, 0.3) is 22.0 Å². The third-order valence-corrected chi connectivity index (χ3v) is 2.97. The molecule has 4 N–H and O–H groups in total. The summed E-state index contributed by atoms with van der Waals surface area (Å²) in [6.07, 6.45) is 3.42. The van der Waals surface area contributed by atoms with Gasteiger partial charge < -0.3 is 10.7 Å². The molecule has 6 heteroatoms. The second-order valence-electron chi connectivity index (χ2n) is 4.31. The largest absolute Gasteiger partial charge is 0.360 e. The van der Waals surface area contributed by atoms with Crippen LogP contribution in [0.3, 0.4) is 0 Å². The average molecular weight is 270 g/mol. The van der Waals surface area contributed by atoms with Gasteiger partial charge in [0.1, 0.15) is 11.6 Å². The van der Waals surface area contributed by atoms with Crippen LogP contribution in [-0.2, 0) is 0 Å². The van der Waals surface area contributed by atoms with Crippen molar-refractivity contribution in [1.82, 2.24) is 9.97 Å². The van der Waals surface area contributed by atoms with Gasteiger partial charge in [0, 0.05) is 34.4 Å². The van der Waals surface area contributed by atoms with Gasteiger partial charge in [-0.1, -0.05) is 0 Å². The monoisotopic (exact) mass is 270 g/mol. The Labute approximate surface area is 113 Å². The lowest BCUT2D eigenvalue weighted by Gasteiger charge is -2.03. The maximum absolute atomic E-state index is 13.1. The SMILES string of the molecule is NC(=O)Nc1ccc(-c2c[nH]c3cc(F)ccc23)cn1. The van der Waals surface area contributed by atoms with E-state index in [1.54, 1.807) is 24.5 Å². The summed E-state index contributed by atoms with van der Waals surface area (Å²) >= 11 is 0. The normalized spacial score (nSPS) is 10.7. The minimum Gasteiger partial charge on any atom is -0.360 e. The zero-order valence-corrected chi connectivity index (χ0v) is 10.4. The van der Waals surface area contributed by atoms with Crippen molar-refractivity contribution in [3.63, 3.8) is 0 Å². The van der Waals surface area contributed by atoms with E-state index in [0.717, 1.165) is 22.0 Å². The van der Waals surface area contributed by atoms with Gasteiger partial charge in [0.25, 0.3) is 0 Å². The fourth-order valence-corrected chi connectivity index (χ4v) is 2.09. The molecule has 0 saturated heterocycles. The number of nitrogens with two attached hydrogens (primary N) is 1. The number of halogens is 1. The van der Waals surface area contributed by atoms with E-state index >= 15 is 0 Å². The average Bonchev–Trinajstić information content (AvgIpc) is 2.82. The summed E-state index contributed by atoms with van der Waals surface area (Å²) < 4.78 is 13.1. The van der Waals surface area contributed by atoms with Crippen LogP contribution < -0.4 is 11.1 Å². The molecule has 0 aliphatic carbocycles. The molecule has 0 atom stereocenters. The van der Waals surface area contributed by atoms with Gasteiger partial charge in [-0.15, -0.1) is 0 Å². The smallest absolute Gasteiger partial charge is 0.317 e. The Hall–Kier alpha value is -2.89. The molecule has 0 aliphatic heterocycles. The van der Waals surface area contributed by atoms with E-state index in [4.69, 9.17) is 5.73 Å². The molecule has 5 nitrogen and oxygen atoms in total. The lowest BCUT2D eigenvalue weighted by Crippen LogP contribution is -2.19. The van der Waals surface area contributed by atoms with Crippen molar-refractivity contribution in [3.8, 4) is 11.1 Å². The van der Waals surface area contributed by atoms with Gasteiger partial charge in [-0.3, -0.25) is 5.32 Å². The maximum Gasteiger partial charge on any atom is 0.317 e. The van der Waals surface area contributed by atoms with Crippen LogP contribution in [0, 0.1) is 5.82 Å². The van der Waals surface area contributed by atoms with Gasteiger partial charge in [-0.2, -0.15) is 0 Å². The van der Waals surface area contributed by atoms with Gasteiger partial charge in [-0.05, 0) is 30.3 Å². The van der Waals surface area contributed by atoms with Crippen LogP contribution in [0.15, 0.2) is 42.7 Å². The number of hydrogen-bond donors (Lipinski definition) is 3. The predicted octanol–water partition coefficient (Wildman–Crippen LogP) is 2.86. The zero-order valence-electron chi connectivity index (χ0n) is 10.4. The number of aromatic nitrogens is 2. The number of nitrogens with one attached hydrogen (secondary N) is 2. The Balaban J connectivity index is 2.00. The van der Waals surface area contributed by atoms with Crippen LogP contribution in [0.1, 0.15) is 0 Å². The first kappa shape index (κ1) is 12.2. The molecule has 0 spiro atoms. The topological polar surface area (TPSA) is 83.8 Å². The summed E-state index contributed by atoms with van der Waals surface area (Å²) in [5, 5.41) is 3.30. The van der Waals surface area contributed by atoms with Crippen LogP contribution in [-0.4, -0.2) is 16.0 Å². The number of benzene rings is 1. The molecule has 0 aliphatic rings. The van der Waals surface area contributed by atoms with Gasteiger partial charge in [0.15, 0.2) is 0 Å². The highest BCUT2D eigenvalue weighted by molar-refractivity contribution is 5.95. The molecule has 3 rings (SSSR count). The highest BCUT2D eigenvalue weighted by Crippen LogP contribution is 2.28. The number of carbonyl (C=O) groups is 1. The molecule has 0 saturated carbocycles. The second-order valence-corrected chi connectivity index (χ2v) is 4.31. The quantitative estimate of drug-likeness (QED) is 0.669. The number of amides is 2. The molecule has 3 aromatic rings. The van der Waals surface area contributed by atoms with E-state index in [2.05, 4.69) is 15.3 Å². The first-order valence-electron chi connectivity index (χ1n) is 5.93. The number of nitrogens with zero attached hydrogens (tertiary/aromatic N) is 1. The molecule has 0 bridgehead atoms. The van der Waals surface area contributed by atoms with E-state index in [9.17, 15) is 9.18 Å². The van der Waals surface area contributed by atoms with Crippen molar-refractivity contribution in [2.75, 3.05) is 5.32 Å². The number of anilines is 1. The Morgan fingerprint density at radius 3 is 2.85 bits per heavy atom. The van der Waals surface area contributed by atoms with Crippen LogP contribution in [0.2, 0.25) is 0 Å². The first-order chi connectivity index (χ1) is 9.63. The lowest BCUT2D eigenvalue weighted by molar-refractivity contribution is 0.259. The van der Waals surface area contributed by atoms with Gasteiger partial charge >= 0.3 is 6.03 Å². The van der Waals surface area contributed by atoms with Gasteiger partial charge in [0.05, 0.1) is 0 Å². The van der Waals surface area contributed by atoms with Crippen LogP contribution in [0.4, 0.5) is 15.0 Å². The number of urea groups is 1. The third kappa shape index (κ3) is 2.18. The Morgan fingerprint density at radius 2 is 2.15 bits per heavy atom. The fraction of sp³-hybridized carbons (Fsp3) is 0. The van der Waals surface area contributed by atoms with Crippen molar-refractivity contribution in [2.45, 2.75) is 0 Å². The summed E-state index contributed by atoms with van der Waals surface area (Å²) in [5.41, 5.74) is 7.51. The number of pyridine rings is 1. The summed E-state index contributed by atoms with van der Waals surface area (Å²) in [6, 6.07) is 7.37. The fourth-order valence-electron chi connectivity index (χ4n) is 2.09. The van der Waals surface area contributed by atoms with Crippen molar-refractivity contribution in [1.29, 1.82) is 0 Å². The summed E-state index contributed by atoms with van der Waals surface area (Å²) in [4.78, 5) is 17.8. The molecule has 0 unspecified atom stereocenters. The van der Waals surface area contributed by atoms with E-state index in [1.807, 2.05) is 6.07 Å². The molecule has 2 heterocycles. The Kier molecular flexibility index (Phi) is 2.83. The van der Waals surface area contributed by atoms with Crippen LogP contribution in [0.5, 0.6) is 0 Å². The Morgan fingerprint density at radius 1 is 1.30 bits per heavy atom. The minimum atomic E-state index is -0.659. The van der Waals surface area contributed by atoms with Gasteiger partial charge in [0.2, 0.25) is 0 Å². The standard InChI is InChI=1S/C14H11FN4O/c15-9-2-3-10-11(7-17-12(10)5-9)8-1-4-13(18-6-8)19-14(16)20/h1-7,17H,(H3,16,18,19,20). The van der Waals surface area contributed by atoms with E-state index in [0.29, 0.717) is 5.82 Å². The number of carbonyl (C=O) groups excluding carboxylic acids is 1. The number of aromatic amines is 1. The van der Waals surface area contributed by atoms with Crippen molar-refractivity contribution >= 4 is 22.8 Å². The Bertz CT molecular complexity index is 779. The molecular weight excluding hydrogens is 259 g/mol. The zero-order chi connectivity index (χ0) is 14.1.